The van der Waals surface area contributed by atoms with Crippen LogP contribution in [-0.2, 0) is 10.0 Å². The molecule has 1 aromatic heterocycles. The van der Waals surface area contributed by atoms with Gasteiger partial charge in [0.15, 0.2) is 0 Å². The van der Waals surface area contributed by atoms with Crippen molar-refractivity contribution in [1.82, 2.24) is 14.6 Å². The van der Waals surface area contributed by atoms with Crippen LogP contribution in [0, 0.1) is 11.3 Å². The van der Waals surface area contributed by atoms with Crippen molar-refractivity contribution >= 4 is 21.6 Å². The maximum absolute atomic E-state index is 13.1. The normalized spacial score (nSPS) is 18.9. The molecule has 2 aromatic rings. The Kier molecular flexibility index (Phi) is 4.83. The number of nitriles is 1. The lowest BCUT2D eigenvalue weighted by atomic mass is 10.1. The fourth-order valence-electron chi connectivity index (χ4n) is 2.74. The number of nitrogens with zero attached hydrogens (tertiary/aromatic N) is 3. The number of aromatic nitrogens is 1. The predicted octanol–water partition coefficient (Wildman–Crippen LogP) is 1.94. The molecule has 1 saturated heterocycles. The number of nitrogens with one attached hydrogen (secondary N) is 1. The van der Waals surface area contributed by atoms with Gasteiger partial charge in [-0.3, -0.25) is 4.98 Å². The molecule has 1 aliphatic rings. The van der Waals surface area contributed by atoms with Gasteiger partial charge in [-0.05, 0) is 29.8 Å². The monoisotopic (exact) mass is 362 g/mol. The lowest BCUT2D eigenvalue weighted by Crippen LogP contribution is -2.48. The molecule has 1 N–H and O–H groups in total. The van der Waals surface area contributed by atoms with Crippen LogP contribution in [0.4, 0.5) is 0 Å². The summed E-state index contributed by atoms with van der Waals surface area (Å²) in [6, 6.07) is 9.44. The number of benzene rings is 1. The van der Waals surface area contributed by atoms with Crippen molar-refractivity contribution in [2.75, 3.05) is 19.6 Å². The van der Waals surface area contributed by atoms with E-state index in [0.29, 0.717) is 25.2 Å². The number of piperazine rings is 1. The van der Waals surface area contributed by atoms with Gasteiger partial charge in [-0.1, -0.05) is 17.7 Å². The zero-order chi connectivity index (χ0) is 17.2. The number of pyridine rings is 1. The Balaban J connectivity index is 2.02. The minimum atomic E-state index is -3.79. The lowest BCUT2D eigenvalue weighted by molar-refractivity contribution is 0.271. The summed E-state index contributed by atoms with van der Waals surface area (Å²) in [7, 11) is -3.79. The Labute approximate surface area is 145 Å². The third-order valence-corrected chi connectivity index (χ3v) is 6.30. The van der Waals surface area contributed by atoms with Gasteiger partial charge in [0.1, 0.15) is 4.90 Å². The van der Waals surface area contributed by atoms with Crippen molar-refractivity contribution < 1.29 is 8.42 Å². The minimum absolute atomic E-state index is 0.0129. The summed E-state index contributed by atoms with van der Waals surface area (Å²) in [5, 5.41) is 12.2. The third kappa shape index (κ3) is 3.14. The third-order valence-electron chi connectivity index (χ3n) is 3.91. The van der Waals surface area contributed by atoms with E-state index in [4.69, 9.17) is 16.9 Å². The van der Waals surface area contributed by atoms with Crippen molar-refractivity contribution in [2.45, 2.75) is 10.9 Å². The fraction of sp³-hybridized carbons (Fsp3) is 0.250. The molecule has 1 fully saturated rings. The predicted molar refractivity (Wildman–Crippen MR) is 89.9 cm³/mol. The summed E-state index contributed by atoms with van der Waals surface area (Å²) in [6.45, 7) is 1.39. The fourth-order valence-corrected chi connectivity index (χ4v) is 4.87. The first-order valence-electron chi connectivity index (χ1n) is 7.36. The highest BCUT2D eigenvalue weighted by Crippen LogP contribution is 2.32. The molecule has 0 bridgehead atoms. The molecule has 1 unspecified atom stereocenters. The van der Waals surface area contributed by atoms with Crippen molar-refractivity contribution in [3.63, 3.8) is 0 Å². The van der Waals surface area contributed by atoms with E-state index in [2.05, 4.69) is 10.3 Å². The molecule has 8 heteroatoms. The van der Waals surface area contributed by atoms with Gasteiger partial charge in [-0.15, -0.1) is 0 Å². The van der Waals surface area contributed by atoms with Gasteiger partial charge in [0.2, 0.25) is 10.0 Å². The van der Waals surface area contributed by atoms with Gasteiger partial charge >= 0.3 is 0 Å². The van der Waals surface area contributed by atoms with Gasteiger partial charge in [0.05, 0.1) is 22.7 Å². The van der Waals surface area contributed by atoms with Gasteiger partial charge in [0, 0.05) is 32.0 Å². The molecule has 2 heterocycles. The van der Waals surface area contributed by atoms with Crippen LogP contribution in [0.3, 0.4) is 0 Å². The Hall–Kier alpha value is -1.98. The summed E-state index contributed by atoms with van der Waals surface area (Å²) in [5.74, 6) is 0. The van der Waals surface area contributed by atoms with E-state index >= 15 is 0 Å². The molecule has 0 amide bonds. The molecule has 1 atom stereocenters. The van der Waals surface area contributed by atoms with Crippen molar-refractivity contribution in [3.8, 4) is 6.07 Å². The highest BCUT2D eigenvalue weighted by Gasteiger charge is 2.35. The Bertz CT molecular complexity index is 881. The van der Waals surface area contributed by atoms with Crippen LogP contribution in [0.5, 0.6) is 0 Å². The number of sulfonamides is 1. The summed E-state index contributed by atoms with van der Waals surface area (Å²) in [5.41, 5.74) is 1.14. The van der Waals surface area contributed by atoms with Gasteiger partial charge < -0.3 is 5.32 Å². The van der Waals surface area contributed by atoms with Crippen LogP contribution in [-0.4, -0.2) is 37.3 Å². The summed E-state index contributed by atoms with van der Waals surface area (Å²) in [4.78, 5) is 4.09. The molecule has 0 aliphatic carbocycles. The quantitative estimate of drug-likeness (QED) is 0.901. The van der Waals surface area contributed by atoms with Gasteiger partial charge in [-0.25, -0.2) is 8.42 Å². The minimum Gasteiger partial charge on any atom is -0.313 e. The molecule has 0 radical (unpaired) electrons. The van der Waals surface area contributed by atoms with E-state index in [1.54, 1.807) is 18.5 Å². The first-order chi connectivity index (χ1) is 11.5. The maximum Gasteiger partial charge on any atom is 0.245 e. The highest BCUT2D eigenvalue weighted by molar-refractivity contribution is 7.89. The van der Waals surface area contributed by atoms with Crippen LogP contribution in [0.2, 0.25) is 5.02 Å². The van der Waals surface area contributed by atoms with Gasteiger partial charge in [0.25, 0.3) is 0 Å². The summed E-state index contributed by atoms with van der Waals surface area (Å²) in [6.07, 6.45) is 3.32. The van der Waals surface area contributed by atoms with E-state index in [1.807, 2.05) is 12.1 Å². The Morgan fingerprint density at radius 3 is 2.88 bits per heavy atom. The van der Waals surface area contributed by atoms with Gasteiger partial charge in [-0.2, -0.15) is 9.57 Å². The molecule has 3 rings (SSSR count). The molecule has 0 spiro atoms. The summed E-state index contributed by atoms with van der Waals surface area (Å²) < 4.78 is 27.6. The summed E-state index contributed by atoms with van der Waals surface area (Å²) >= 11 is 6.12. The van der Waals surface area contributed by atoms with E-state index < -0.39 is 10.0 Å². The molecule has 6 nitrogen and oxygen atoms in total. The Morgan fingerprint density at radius 2 is 2.21 bits per heavy atom. The van der Waals surface area contributed by atoms with Crippen LogP contribution in [0.1, 0.15) is 17.2 Å². The second kappa shape index (κ2) is 6.87. The highest BCUT2D eigenvalue weighted by atomic mass is 35.5. The van der Waals surface area contributed by atoms with E-state index in [1.165, 1.54) is 22.5 Å². The second-order valence-corrected chi connectivity index (χ2v) is 7.65. The number of halogens is 1. The first-order valence-corrected chi connectivity index (χ1v) is 9.18. The zero-order valence-electron chi connectivity index (χ0n) is 12.7. The molecule has 124 valence electrons. The number of rotatable bonds is 3. The van der Waals surface area contributed by atoms with E-state index in [0.717, 1.165) is 5.56 Å². The van der Waals surface area contributed by atoms with Crippen molar-refractivity contribution in [3.05, 3.63) is 58.9 Å². The molecule has 1 aliphatic heterocycles. The van der Waals surface area contributed by atoms with Crippen LogP contribution < -0.4 is 5.32 Å². The molecule has 24 heavy (non-hydrogen) atoms. The average Bonchev–Trinajstić information content (AvgIpc) is 2.62. The SMILES string of the molecule is N#Cc1ccc(S(=O)(=O)N2CCNCC2c2cccnc2)c(Cl)c1. The number of hydrogen-bond donors (Lipinski definition) is 1. The van der Waals surface area contributed by atoms with Crippen molar-refractivity contribution in [2.24, 2.45) is 0 Å². The topological polar surface area (TPSA) is 86.1 Å². The molecule has 1 aromatic carbocycles. The second-order valence-electron chi connectivity index (χ2n) is 5.38. The maximum atomic E-state index is 13.1. The van der Waals surface area contributed by atoms with E-state index in [-0.39, 0.29) is 16.0 Å². The van der Waals surface area contributed by atoms with Crippen LogP contribution in [0.25, 0.3) is 0 Å². The molecular weight excluding hydrogens is 348 g/mol. The Morgan fingerprint density at radius 1 is 1.38 bits per heavy atom. The van der Waals surface area contributed by atoms with Crippen LogP contribution >= 0.6 is 11.6 Å². The largest absolute Gasteiger partial charge is 0.313 e. The van der Waals surface area contributed by atoms with Crippen molar-refractivity contribution in [1.29, 1.82) is 5.26 Å². The molecule has 0 saturated carbocycles. The number of hydrogen-bond acceptors (Lipinski definition) is 5. The zero-order valence-corrected chi connectivity index (χ0v) is 14.3. The lowest BCUT2D eigenvalue weighted by Gasteiger charge is -2.35. The smallest absolute Gasteiger partial charge is 0.245 e. The molecular formula is C16H15ClN4O2S. The first kappa shape index (κ1) is 16.9. The van der Waals surface area contributed by atoms with Crippen LogP contribution in [0.15, 0.2) is 47.6 Å². The average molecular weight is 363 g/mol. The van der Waals surface area contributed by atoms with E-state index in [9.17, 15) is 8.42 Å². The standard InChI is InChI=1S/C16H15ClN4O2S/c17-14-8-12(9-18)3-4-16(14)24(22,23)21-7-6-20-11-15(21)13-2-1-5-19-10-13/h1-5,8,10,15,20H,6-7,11H2.